The molecule has 0 saturated heterocycles. The van der Waals surface area contributed by atoms with E-state index >= 15 is 0 Å². The third-order valence-electron chi connectivity index (χ3n) is 3.62. The molecule has 0 aliphatic heterocycles. The molecular weight excluding hydrogens is 252 g/mol. The van der Waals surface area contributed by atoms with Gasteiger partial charge in [-0.25, -0.2) is 9.97 Å². The van der Waals surface area contributed by atoms with Crippen LogP contribution >= 0.6 is 0 Å². The van der Waals surface area contributed by atoms with Crippen LogP contribution in [0.2, 0.25) is 0 Å². The lowest BCUT2D eigenvalue weighted by atomic mass is 10.2. The second kappa shape index (κ2) is 6.22. The van der Waals surface area contributed by atoms with Crippen molar-refractivity contribution in [3.8, 4) is 0 Å². The first-order valence-electron chi connectivity index (χ1n) is 7.21. The van der Waals surface area contributed by atoms with Gasteiger partial charge in [-0.2, -0.15) is 0 Å². The number of nitrogens with zero attached hydrogens (tertiary/aromatic N) is 3. The topological polar surface area (TPSA) is 63.0 Å². The van der Waals surface area contributed by atoms with Gasteiger partial charge in [-0.3, -0.25) is 0 Å². The standard InChI is InChI=1S/C15H24N4O/c1-10(2)8-16-14-13-11(3)12(4)19(6-5-7-20)15(13)18-9-17-14/h9-10,20H,5-8H2,1-4H3,(H,16,17,18). The Bertz CT molecular complexity index is 589. The summed E-state index contributed by atoms with van der Waals surface area (Å²) in [6.07, 6.45) is 2.35. The van der Waals surface area contributed by atoms with Crippen molar-refractivity contribution < 1.29 is 5.11 Å². The van der Waals surface area contributed by atoms with Crippen LogP contribution in [0.5, 0.6) is 0 Å². The first kappa shape index (κ1) is 14.8. The van der Waals surface area contributed by atoms with Gasteiger partial charge in [0.1, 0.15) is 17.8 Å². The van der Waals surface area contributed by atoms with Crippen LogP contribution in [0.15, 0.2) is 6.33 Å². The van der Waals surface area contributed by atoms with Gasteiger partial charge in [0.05, 0.1) is 5.39 Å². The molecule has 2 aromatic heterocycles. The number of rotatable bonds is 6. The minimum absolute atomic E-state index is 0.196. The fraction of sp³-hybridized carbons (Fsp3) is 0.600. The monoisotopic (exact) mass is 276 g/mol. The van der Waals surface area contributed by atoms with E-state index in [-0.39, 0.29) is 6.61 Å². The zero-order valence-electron chi connectivity index (χ0n) is 12.8. The van der Waals surface area contributed by atoms with Crippen LogP contribution in [-0.4, -0.2) is 32.8 Å². The summed E-state index contributed by atoms with van der Waals surface area (Å²) in [4.78, 5) is 8.82. The Morgan fingerprint density at radius 3 is 2.70 bits per heavy atom. The van der Waals surface area contributed by atoms with Crippen molar-refractivity contribution in [1.82, 2.24) is 14.5 Å². The molecule has 20 heavy (non-hydrogen) atoms. The second-order valence-corrected chi connectivity index (χ2v) is 5.63. The number of fused-ring (bicyclic) bond motifs is 1. The van der Waals surface area contributed by atoms with Crippen molar-refractivity contribution in [2.24, 2.45) is 5.92 Å². The van der Waals surface area contributed by atoms with Crippen molar-refractivity contribution in [2.75, 3.05) is 18.5 Å². The molecule has 2 rings (SSSR count). The maximum absolute atomic E-state index is 9.04. The molecule has 110 valence electrons. The Kier molecular flexibility index (Phi) is 4.60. The van der Waals surface area contributed by atoms with E-state index in [1.807, 2.05) is 0 Å². The number of hydrogen-bond acceptors (Lipinski definition) is 4. The van der Waals surface area contributed by atoms with Crippen LogP contribution in [-0.2, 0) is 6.54 Å². The maximum atomic E-state index is 9.04. The van der Waals surface area contributed by atoms with Gasteiger partial charge in [-0.1, -0.05) is 13.8 Å². The fourth-order valence-electron chi connectivity index (χ4n) is 2.41. The summed E-state index contributed by atoms with van der Waals surface area (Å²) in [6.45, 7) is 10.4. The number of hydrogen-bond donors (Lipinski definition) is 2. The molecule has 0 unspecified atom stereocenters. The van der Waals surface area contributed by atoms with Gasteiger partial charge in [-0.15, -0.1) is 0 Å². The molecule has 0 aromatic carbocycles. The molecule has 2 aromatic rings. The molecule has 0 saturated carbocycles. The third kappa shape index (κ3) is 2.77. The zero-order valence-corrected chi connectivity index (χ0v) is 12.8. The first-order chi connectivity index (χ1) is 9.56. The number of aliphatic hydroxyl groups excluding tert-OH is 1. The lowest BCUT2D eigenvalue weighted by molar-refractivity contribution is 0.280. The van der Waals surface area contributed by atoms with Gasteiger partial charge in [0.25, 0.3) is 0 Å². The molecule has 5 heteroatoms. The number of nitrogens with one attached hydrogen (secondary N) is 1. The summed E-state index contributed by atoms with van der Waals surface area (Å²) in [7, 11) is 0. The van der Waals surface area contributed by atoms with E-state index in [1.54, 1.807) is 6.33 Å². The Morgan fingerprint density at radius 1 is 1.30 bits per heavy atom. The number of aromatic nitrogens is 3. The van der Waals surface area contributed by atoms with Crippen LogP contribution in [0.3, 0.4) is 0 Å². The highest BCUT2D eigenvalue weighted by molar-refractivity contribution is 5.91. The molecule has 0 bridgehead atoms. The van der Waals surface area contributed by atoms with E-state index in [0.29, 0.717) is 5.92 Å². The first-order valence-corrected chi connectivity index (χ1v) is 7.21. The van der Waals surface area contributed by atoms with E-state index in [1.165, 1.54) is 11.3 Å². The minimum atomic E-state index is 0.196. The Labute approximate surface area is 120 Å². The smallest absolute Gasteiger partial charge is 0.145 e. The SMILES string of the molecule is Cc1c(C)n(CCCO)c2ncnc(NCC(C)C)c12. The quantitative estimate of drug-likeness (QED) is 0.851. The predicted octanol–water partition coefficient (Wildman–Crippen LogP) is 2.50. The molecule has 2 N–H and O–H groups in total. The molecule has 5 nitrogen and oxygen atoms in total. The summed E-state index contributed by atoms with van der Waals surface area (Å²) >= 11 is 0. The van der Waals surface area contributed by atoms with E-state index in [2.05, 4.69) is 47.5 Å². The summed E-state index contributed by atoms with van der Waals surface area (Å²) in [5, 5.41) is 13.6. The van der Waals surface area contributed by atoms with Crippen molar-refractivity contribution in [3.63, 3.8) is 0 Å². The van der Waals surface area contributed by atoms with Gasteiger partial charge in [0.2, 0.25) is 0 Å². The van der Waals surface area contributed by atoms with Crippen LogP contribution in [0.4, 0.5) is 5.82 Å². The van der Waals surface area contributed by atoms with Gasteiger partial charge >= 0.3 is 0 Å². The van der Waals surface area contributed by atoms with Gasteiger partial charge in [0, 0.05) is 25.4 Å². The molecule has 0 fully saturated rings. The average molecular weight is 276 g/mol. The number of aliphatic hydroxyl groups is 1. The molecule has 0 aliphatic carbocycles. The minimum Gasteiger partial charge on any atom is -0.396 e. The molecule has 0 atom stereocenters. The van der Waals surface area contributed by atoms with E-state index < -0.39 is 0 Å². The molecule has 0 radical (unpaired) electrons. The number of aryl methyl sites for hydroxylation is 2. The third-order valence-corrected chi connectivity index (χ3v) is 3.62. The van der Waals surface area contributed by atoms with Crippen molar-refractivity contribution in [2.45, 2.75) is 40.7 Å². The summed E-state index contributed by atoms with van der Waals surface area (Å²) < 4.78 is 2.17. The highest BCUT2D eigenvalue weighted by atomic mass is 16.3. The summed E-state index contributed by atoms with van der Waals surface area (Å²) in [5.74, 6) is 1.48. The molecule has 0 amide bonds. The summed E-state index contributed by atoms with van der Waals surface area (Å²) in [6, 6.07) is 0. The van der Waals surface area contributed by atoms with E-state index in [0.717, 1.165) is 36.4 Å². The lowest BCUT2D eigenvalue weighted by Crippen LogP contribution is -2.10. The van der Waals surface area contributed by atoms with Crippen molar-refractivity contribution in [3.05, 3.63) is 17.6 Å². The maximum Gasteiger partial charge on any atom is 0.145 e. The highest BCUT2D eigenvalue weighted by Crippen LogP contribution is 2.28. The Morgan fingerprint density at radius 2 is 2.05 bits per heavy atom. The molecule has 0 spiro atoms. The fourth-order valence-corrected chi connectivity index (χ4v) is 2.41. The van der Waals surface area contributed by atoms with Crippen LogP contribution in [0.25, 0.3) is 11.0 Å². The largest absolute Gasteiger partial charge is 0.396 e. The Balaban J connectivity index is 2.46. The van der Waals surface area contributed by atoms with Crippen LogP contribution < -0.4 is 5.32 Å². The van der Waals surface area contributed by atoms with Crippen molar-refractivity contribution in [1.29, 1.82) is 0 Å². The van der Waals surface area contributed by atoms with Crippen LogP contribution in [0, 0.1) is 19.8 Å². The second-order valence-electron chi connectivity index (χ2n) is 5.63. The van der Waals surface area contributed by atoms with Gasteiger partial charge in [-0.05, 0) is 31.7 Å². The summed E-state index contributed by atoms with van der Waals surface area (Å²) in [5.41, 5.74) is 3.36. The van der Waals surface area contributed by atoms with E-state index in [4.69, 9.17) is 5.11 Å². The lowest BCUT2D eigenvalue weighted by Gasteiger charge is -2.09. The van der Waals surface area contributed by atoms with Crippen molar-refractivity contribution >= 4 is 16.9 Å². The normalized spacial score (nSPS) is 11.5. The van der Waals surface area contributed by atoms with E-state index in [9.17, 15) is 0 Å². The van der Waals surface area contributed by atoms with Gasteiger partial charge in [0.15, 0.2) is 0 Å². The molecule has 0 aliphatic rings. The highest BCUT2D eigenvalue weighted by Gasteiger charge is 2.16. The average Bonchev–Trinajstić information content (AvgIpc) is 2.67. The molecular formula is C15H24N4O. The number of anilines is 1. The zero-order chi connectivity index (χ0) is 14.7. The van der Waals surface area contributed by atoms with Crippen LogP contribution in [0.1, 0.15) is 31.5 Å². The predicted molar refractivity (Wildman–Crippen MR) is 82.0 cm³/mol. The Hall–Kier alpha value is -1.62. The van der Waals surface area contributed by atoms with Gasteiger partial charge < -0.3 is 15.0 Å². The molecule has 2 heterocycles.